The minimum Gasteiger partial charge on any atom is -0.306 e. The Bertz CT molecular complexity index is 560. The van der Waals surface area contributed by atoms with E-state index in [4.69, 9.17) is 0 Å². The van der Waals surface area contributed by atoms with Gasteiger partial charge in [-0.25, -0.2) is 0 Å². The molecule has 102 valence electrons. The van der Waals surface area contributed by atoms with Gasteiger partial charge in [0.05, 0.1) is 13.6 Å². The minimum atomic E-state index is 0.207. The van der Waals surface area contributed by atoms with Crippen LogP contribution in [0.3, 0.4) is 0 Å². The summed E-state index contributed by atoms with van der Waals surface area (Å²) in [6.07, 6.45) is 0. The molecule has 0 aliphatic carbocycles. The van der Waals surface area contributed by atoms with Gasteiger partial charge in [-0.2, -0.15) is 0 Å². The molecule has 2 rings (SSSR count). The number of thiophene rings is 1. The molecule has 1 atom stereocenters. The van der Waals surface area contributed by atoms with Crippen LogP contribution in [0, 0.1) is 6.92 Å². The average molecular weight is 468 g/mol. The fourth-order valence-corrected chi connectivity index (χ4v) is 5.62. The molecular weight excluding hydrogens is 454 g/mol. The Morgan fingerprint density at radius 3 is 2.42 bits per heavy atom. The number of aryl methyl sites for hydroxylation is 1. The van der Waals surface area contributed by atoms with Crippen molar-refractivity contribution in [2.75, 3.05) is 6.54 Å². The second-order valence-corrected chi connectivity index (χ2v) is 9.00. The molecule has 1 aromatic carbocycles. The van der Waals surface area contributed by atoms with Gasteiger partial charge < -0.3 is 5.32 Å². The topological polar surface area (TPSA) is 12.0 Å². The number of halogens is 3. The third-order valence-corrected chi connectivity index (χ3v) is 5.64. The van der Waals surface area contributed by atoms with Gasteiger partial charge in [0.2, 0.25) is 0 Å². The van der Waals surface area contributed by atoms with Crippen LogP contribution in [0.5, 0.6) is 0 Å². The largest absolute Gasteiger partial charge is 0.306 e. The molecular formula is C14H14Br3NS. The van der Waals surface area contributed by atoms with Gasteiger partial charge in [0.15, 0.2) is 0 Å². The van der Waals surface area contributed by atoms with Gasteiger partial charge >= 0.3 is 0 Å². The molecule has 0 radical (unpaired) electrons. The van der Waals surface area contributed by atoms with E-state index >= 15 is 0 Å². The zero-order valence-electron chi connectivity index (χ0n) is 10.6. The summed E-state index contributed by atoms with van der Waals surface area (Å²) in [6.45, 7) is 5.18. The molecule has 1 unspecified atom stereocenters. The van der Waals surface area contributed by atoms with Gasteiger partial charge in [0, 0.05) is 4.47 Å². The van der Waals surface area contributed by atoms with Crippen molar-refractivity contribution in [3.8, 4) is 0 Å². The van der Waals surface area contributed by atoms with Crippen molar-refractivity contribution < 1.29 is 0 Å². The first kappa shape index (κ1) is 15.7. The molecule has 2 aromatic rings. The van der Waals surface area contributed by atoms with Gasteiger partial charge in [-0.3, -0.25) is 0 Å². The van der Waals surface area contributed by atoms with Crippen molar-refractivity contribution in [1.29, 1.82) is 0 Å². The minimum absolute atomic E-state index is 0.207. The second-order valence-electron chi connectivity index (χ2n) is 4.33. The monoisotopic (exact) mass is 465 g/mol. The van der Waals surface area contributed by atoms with Gasteiger partial charge in [-0.05, 0) is 80.2 Å². The van der Waals surface area contributed by atoms with Crippen LogP contribution >= 0.6 is 59.1 Å². The Hall–Kier alpha value is 0.320. The van der Waals surface area contributed by atoms with Gasteiger partial charge in [0.25, 0.3) is 0 Å². The molecule has 0 spiro atoms. The predicted octanol–water partition coefficient (Wildman–Crippen LogP) is 6.04. The molecule has 1 heterocycles. The van der Waals surface area contributed by atoms with E-state index in [2.05, 4.69) is 91.2 Å². The summed E-state index contributed by atoms with van der Waals surface area (Å²) >= 11 is 12.5. The number of rotatable bonds is 4. The normalized spacial score (nSPS) is 12.7. The quantitative estimate of drug-likeness (QED) is 0.577. The smallest absolute Gasteiger partial charge is 0.0761 e. The summed E-state index contributed by atoms with van der Waals surface area (Å²) in [6, 6.07) is 8.93. The van der Waals surface area contributed by atoms with E-state index < -0.39 is 0 Å². The van der Waals surface area contributed by atoms with Crippen LogP contribution in [0.4, 0.5) is 0 Å². The Balaban J connectivity index is 2.47. The molecule has 1 nitrogen and oxygen atoms in total. The van der Waals surface area contributed by atoms with E-state index in [-0.39, 0.29) is 6.04 Å². The lowest BCUT2D eigenvalue weighted by atomic mass is 9.99. The standard InChI is InChI=1S/C14H14Br3NS/c1-3-18-13(11-7-12(16)19-14(11)17)9-4-8(2)5-10(15)6-9/h4-7,13,18H,3H2,1-2H3. The summed E-state index contributed by atoms with van der Waals surface area (Å²) in [5.41, 5.74) is 3.81. The van der Waals surface area contributed by atoms with E-state index in [0.29, 0.717) is 0 Å². The summed E-state index contributed by atoms with van der Waals surface area (Å²) in [5, 5.41) is 3.56. The summed E-state index contributed by atoms with van der Waals surface area (Å²) in [4.78, 5) is 0. The van der Waals surface area contributed by atoms with Crippen LogP contribution in [0.1, 0.15) is 29.7 Å². The molecule has 0 amide bonds. The molecule has 0 aliphatic rings. The molecule has 0 bridgehead atoms. The average Bonchev–Trinajstić information content (AvgIpc) is 2.64. The molecule has 0 saturated carbocycles. The first-order valence-electron chi connectivity index (χ1n) is 5.96. The van der Waals surface area contributed by atoms with Crippen molar-refractivity contribution in [2.45, 2.75) is 19.9 Å². The lowest BCUT2D eigenvalue weighted by molar-refractivity contribution is 0.630. The Kier molecular flexibility index (Phi) is 5.66. The van der Waals surface area contributed by atoms with E-state index in [9.17, 15) is 0 Å². The predicted molar refractivity (Wildman–Crippen MR) is 94.1 cm³/mol. The molecule has 5 heteroatoms. The molecule has 1 N–H and O–H groups in total. The zero-order chi connectivity index (χ0) is 14.0. The van der Waals surface area contributed by atoms with Crippen molar-refractivity contribution in [3.63, 3.8) is 0 Å². The highest BCUT2D eigenvalue weighted by Gasteiger charge is 2.19. The van der Waals surface area contributed by atoms with Crippen molar-refractivity contribution in [2.24, 2.45) is 0 Å². The van der Waals surface area contributed by atoms with Crippen LogP contribution in [0.25, 0.3) is 0 Å². The number of nitrogens with one attached hydrogen (secondary N) is 1. The number of hydrogen-bond acceptors (Lipinski definition) is 2. The van der Waals surface area contributed by atoms with Crippen LogP contribution in [-0.2, 0) is 0 Å². The van der Waals surface area contributed by atoms with Crippen molar-refractivity contribution in [1.82, 2.24) is 5.32 Å². The maximum atomic E-state index is 3.66. The van der Waals surface area contributed by atoms with Crippen LogP contribution in [0.15, 0.2) is 36.3 Å². The lowest BCUT2D eigenvalue weighted by Gasteiger charge is -2.19. The van der Waals surface area contributed by atoms with Crippen LogP contribution < -0.4 is 5.32 Å². The summed E-state index contributed by atoms with van der Waals surface area (Å²) in [5.74, 6) is 0. The van der Waals surface area contributed by atoms with E-state index in [1.54, 1.807) is 11.3 Å². The van der Waals surface area contributed by atoms with Crippen molar-refractivity contribution in [3.05, 3.63) is 53.0 Å². The highest BCUT2D eigenvalue weighted by atomic mass is 79.9. The molecule has 1 aromatic heterocycles. The third-order valence-electron chi connectivity index (χ3n) is 2.80. The SMILES string of the molecule is CCNC(c1cc(C)cc(Br)c1)c1cc(Br)sc1Br. The number of hydrogen-bond donors (Lipinski definition) is 1. The van der Waals surface area contributed by atoms with Crippen molar-refractivity contribution >= 4 is 59.1 Å². The second kappa shape index (κ2) is 6.85. The van der Waals surface area contributed by atoms with Gasteiger partial charge in [-0.1, -0.05) is 28.9 Å². The Morgan fingerprint density at radius 1 is 1.16 bits per heavy atom. The lowest BCUT2D eigenvalue weighted by Crippen LogP contribution is -2.22. The first-order chi connectivity index (χ1) is 9.01. The van der Waals surface area contributed by atoms with E-state index in [0.717, 1.165) is 14.8 Å². The molecule has 0 saturated heterocycles. The van der Waals surface area contributed by atoms with E-state index in [1.807, 2.05) is 0 Å². The first-order valence-corrected chi connectivity index (χ1v) is 9.16. The fraction of sp³-hybridized carbons (Fsp3) is 0.286. The maximum absolute atomic E-state index is 3.66. The maximum Gasteiger partial charge on any atom is 0.0761 e. The Morgan fingerprint density at radius 2 is 1.89 bits per heavy atom. The van der Waals surface area contributed by atoms with Gasteiger partial charge in [-0.15, -0.1) is 11.3 Å². The Labute approximate surface area is 143 Å². The summed E-state index contributed by atoms with van der Waals surface area (Å²) in [7, 11) is 0. The van der Waals surface area contributed by atoms with E-state index in [1.165, 1.54) is 20.5 Å². The summed E-state index contributed by atoms with van der Waals surface area (Å²) < 4.78 is 3.43. The highest BCUT2D eigenvalue weighted by Crippen LogP contribution is 2.38. The molecule has 0 fully saturated rings. The van der Waals surface area contributed by atoms with Gasteiger partial charge in [0.1, 0.15) is 0 Å². The highest BCUT2D eigenvalue weighted by molar-refractivity contribution is 9.12. The molecule has 19 heavy (non-hydrogen) atoms. The van der Waals surface area contributed by atoms with Crippen LogP contribution in [0.2, 0.25) is 0 Å². The zero-order valence-corrected chi connectivity index (χ0v) is 16.2. The molecule has 0 aliphatic heterocycles. The number of benzene rings is 1. The van der Waals surface area contributed by atoms with Crippen LogP contribution in [-0.4, -0.2) is 6.54 Å². The third kappa shape index (κ3) is 3.91. The fourth-order valence-electron chi connectivity index (χ4n) is 2.09.